The third kappa shape index (κ3) is 3.68. The van der Waals surface area contributed by atoms with Crippen molar-refractivity contribution in [3.05, 3.63) is 17.3 Å². The van der Waals surface area contributed by atoms with Gasteiger partial charge in [0.2, 0.25) is 5.89 Å². The molecule has 3 rings (SSSR count). The average Bonchev–Trinajstić information content (AvgIpc) is 3.21. The molecule has 140 valence electrons. The Morgan fingerprint density at radius 1 is 1.32 bits per heavy atom. The van der Waals surface area contributed by atoms with E-state index in [1.807, 2.05) is 13.8 Å². The predicted molar refractivity (Wildman–Crippen MR) is 98.6 cm³/mol. The average molecular weight is 348 g/mol. The minimum Gasteiger partial charge on any atom is -0.444 e. The Morgan fingerprint density at radius 3 is 2.68 bits per heavy atom. The van der Waals surface area contributed by atoms with Gasteiger partial charge in [-0.2, -0.15) is 0 Å². The van der Waals surface area contributed by atoms with Crippen molar-refractivity contribution in [1.29, 1.82) is 0 Å². The molecule has 2 fully saturated rings. The van der Waals surface area contributed by atoms with Gasteiger partial charge in [-0.15, -0.1) is 0 Å². The number of nitrogens with one attached hydrogen (secondary N) is 2. The molecule has 0 aromatic carbocycles. The van der Waals surface area contributed by atoms with Crippen LogP contribution in [0.1, 0.15) is 63.3 Å². The van der Waals surface area contributed by atoms with Crippen molar-refractivity contribution in [3.63, 3.8) is 0 Å². The van der Waals surface area contributed by atoms with Gasteiger partial charge in [-0.1, -0.05) is 12.8 Å². The van der Waals surface area contributed by atoms with Crippen molar-refractivity contribution in [2.75, 3.05) is 13.2 Å². The molecule has 6 heteroatoms. The van der Waals surface area contributed by atoms with Gasteiger partial charge < -0.3 is 19.8 Å². The Morgan fingerprint density at radius 2 is 2.08 bits per heavy atom. The second kappa shape index (κ2) is 7.77. The second-order valence-corrected chi connectivity index (χ2v) is 7.26. The molecule has 0 saturated heterocycles. The molecule has 0 aliphatic heterocycles. The van der Waals surface area contributed by atoms with E-state index in [-0.39, 0.29) is 0 Å². The maximum absolute atomic E-state index is 6.01. The maximum Gasteiger partial charge on any atom is 0.216 e. The molecule has 1 aromatic heterocycles. The van der Waals surface area contributed by atoms with Gasteiger partial charge in [-0.3, -0.25) is 0 Å². The fourth-order valence-electron chi connectivity index (χ4n) is 4.33. The first-order chi connectivity index (χ1) is 12.1. The summed E-state index contributed by atoms with van der Waals surface area (Å²) in [5.74, 6) is 2.39. The second-order valence-electron chi connectivity index (χ2n) is 7.26. The quantitative estimate of drug-likeness (QED) is 0.610. The Labute approximate surface area is 150 Å². The summed E-state index contributed by atoms with van der Waals surface area (Å²) >= 11 is 0. The Bertz CT molecular complexity index is 585. The van der Waals surface area contributed by atoms with Gasteiger partial charge in [0.1, 0.15) is 12.3 Å². The van der Waals surface area contributed by atoms with Crippen LogP contribution in [0.25, 0.3) is 0 Å². The van der Waals surface area contributed by atoms with E-state index in [4.69, 9.17) is 9.15 Å². The van der Waals surface area contributed by atoms with Crippen LogP contribution in [-0.4, -0.2) is 36.2 Å². The summed E-state index contributed by atoms with van der Waals surface area (Å²) in [6, 6.07) is 0.442. The molecular formula is C19H32N4O2. The van der Waals surface area contributed by atoms with Crippen LogP contribution >= 0.6 is 0 Å². The van der Waals surface area contributed by atoms with E-state index in [1.165, 1.54) is 25.7 Å². The van der Waals surface area contributed by atoms with Crippen LogP contribution < -0.4 is 10.6 Å². The van der Waals surface area contributed by atoms with Gasteiger partial charge in [-0.25, -0.2) is 9.98 Å². The normalized spacial score (nSPS) is 25.2. The molecule has 2 N–H and O–H groups in total. The summed E-state index contributed by atoms with van der Waals surface area (Å²) in [5.41, 5.74) is 1.23. The number of ether oxygens (including phenoxy) is 1. The minimum atomic E-state index is 0.294. The lowest BCUT2D eigenvalue weighted by atomic mass is 9.60. The summed E-state index contributed by atoms with van der Waals surface area (Å²) in [5, 5.41) is 7.01. The lowest BCUT2D eigenvalue weighted by Crippen LogP contribution is -2.65. The summed E-state index contributed by atoms with van der Waals surface area (Å²) in [4.78, 5) is 9.10. The van der Waals surface area contributed by atoms with Gasteiger partial charge in [-0.05, 0) is 47.0 Å². The number of hydrogen-bond donors (Lipinski definition) is 2. The van der Waals surface area contributed by atoms with E-state index in [9.17, 15) is 0 Å². The molecule has 1 heterocycles. The van der Waals surface area contributed by atoms with E-state index in [2.05, 4.69) is 34.5 Å². The number of hydrogen-bond acceptors (Lipinski definition) is 4. The Hall–Kier alpha value is -1.56. The monoisotopic (exact) mass is 348 g/mol. The standard InChI is InChI=1S/C19H32N4O2/c1-5-20-18(21-12-17-22-13(3)14(4)25-17)23-15-11-16(24-6-2)19(15)9-7-8-10-19/h15-16H,5-12H2,1-4H3,(H2,20,21,23). The van der Waals surface area contributed by atoms with E-state index in [0.717, 1.165) is 37.0 Å². The molecule has 2 atom stereocenters. The fourth-order valence-corrected chi connectivity index (χ4v) is 4.33. The molecule has 1 aromatic rings. The molecule has 0 radical (unpaired) electrons. The van der Waals surface area contributed by atoms with Crippen molar-refractivity contribution in [1.82, 2.24) is 15.6 Å². The van der Waals surface area contributed by atoms with E-state index >= 15 is 0 Å². The molecular weight excluding hydrogens is 316 g/mol. The predicted octanol–water partition coefficient (Wildman–Crippen LogP) is 3.08. The van der Waals surface area contributed by atoms with Crippen LogP contribution in [0.2, 0.25) is 0 Å². The number of oxazole rings is 1. The van der Waals surface area contributed by atoms with Crippen LogP contribution in [-0.2, 0) is 11.3 Å². The molecule has 1 spiro atoms. The number of nitrogens with zero attached hydrogens (tertiary/aromatic N) is 2. The SMILES string of the molecule is CCNC(=NCc1nc(C)c(C)o1)NC1CC(OCC)C12CCCC2. The smallest absolute Gasteiger partial charge is 0.216 e. The molecule has 25 heavy (non-hydrogen) atoms. The highest BCUT2D eigenvalue weighted by Gasteiger charge is 2.56. The summed E-state index contributed by atoms with van der Waals surface area (Å²) in [7, 11) is 0. The van der Waals surface area contributed by atoms with Crippen molar-refractivity contribution in [3.8, 4) is 0 Å². The van der Waals surface area contributed by atoms with E-state index < -0.39 is 0 Å². The van der Waals surface area contributed by atoms with Gasteiger partial charge in [0.15, 0.2) is 5.96 Å². The van der Waals surface area contributed by atoms with Crippen molar-refractivity contribution >= 4 is 5.96 Å². The highest BCUT2D eigenvalue weighted by Crippen LogP contribution is 2.54. The van der Waals surface area contributed by atoms with E-state index in [0.29, 0.717) is 30.0 Å². The number of guanidine groups is 1. The summed E-state index contributed by atoms with van der Waals surface area (Å²) < 4.78 is 11.6. The Balaban J connectivity index is 1.66. The van der Waals surface area contributed by atoms with Gasteiger partial charge in [0, 0.05) is 24.6 Å². The van der Waals surface area contributed by atoms with Crippen molar-refractivity contribution in [2.24, 2.45) is 10.4 Å². The van der Waals surface area contributed by atoms with Crippen LogP contribution in [0.4, 0.5) is 0 Å². The number of aliphatic imine (C=N–C) groups is 1. The van der Waals surface area contributed by atoms with Gasteiger partial charge >= 0.3 is 0 Å². The number of aryl methyl sites for hydroxylation is 2. The summed E-state index contributed by atoms with van der Waals surface area (Å²) in [6.07, 6.45) is 6.60. The van der Waals surface area contributed by atoms with Crippen molar-refractivity contribution < 1.29 is 9.15 Å². The lowest BCUT2D eigenvalue weighted by Gasteiger charge is -2.54. The molecule has 0 bridgehead atoms. The van der Waals surface area contributed by atoms with Crippen molar-refractivity contribution in [2.45, 2.75) is 78.5 Å². The summed E-state index contributed by atoms with van der Waals surface area (Å²) in [6.45, 7) is 10.2. The maximum atomic E-state index is 6.01. The molecule has 2 unspecified atom stereocenters. The van der Waals surface area contributed by atoms with Crippen LogP contribution in [0.5, 0.6) is 0 Å². The first-order valence-electron chi connectivity index (χ1n) is 9.68. The fraction of sp³-hybridized carbons (Fsp3) is 0.789. The molecule has 0 amide bonds. The van der Waals surface area contributed by atoms with Crippen LogP contribution in [0, 0.1) is 19.3 Å². The topological polar surface area (TPSA) is 71.7 Å². The third-order valence-corrected chi connectivity index (χ3v) is 5.79. The van der Waals surface area contributed by atoms with Gasteiger partial charge in [0.05, 0.1) is 11.8 Å². The third-order valence-electron chi connectivity index (χ3n) is 5.79. The van der Waals surface area contributed by atoms with E-state index in [1.54, 1.807) is 0 Å². The highest BCUT2D eigenvalue weighted by atomic mass is 16.5. The zero-order valence-corrected chi connectivity index (χ0v) is 16.0. The first-order valence-corrected chi connectivity index (χ1v) is 9.68. The zero-order valence-electron chi connectivity index (χ0n) is 16.0. The van der Waals surface area contributed by atoms with Crippen LogP contribution in [0.3, 0.4) is 0 Å². The number of aromatic nitrogens is 1. The van der Waals surface area contributed by atoms with Gasteiger partial charge in [0.25, 0.3) is 0 Å². The molecule has 2 saturated carbocycles. The Kier molecular flexibility index (Phi) is 5.67. The lowest BCUT2D eigenvalue weighted by molar-refractivity contribution is -0.125. The largest absolute Gasteiger partial charge is 0.444 e. The molecule has 2 aliphatic rings. The zero-order chi connectivity index (χ0) is 17.9. The minimum absolute atomic E-state index is 0.294. The first kappa shape index (κ1) is 18.2. The van der Waals surface area contributed by atoms with Crippen LogP contribution in [0.15, 0.2) is 9.41 Å². The molecule has 6 nitrogen and oxygen atoms in total. The highest BCUT2D eigenvalue weighted by molar-refractivity contribution is 5.80. The molecule has 2 aliphatic carbocycles. The number of rotatable bonds is 6.